The Labute approximate surface area is 166 Å². The molecule has 1 aliphatic rings. The topological polar surface area (TPSA) is 32.8 Å². The van der Waals surface area contributed by atoms with E-state index in [9.17, 15) is 4.79 Å². The van der Waals surface area contributed by atoms with Crippen molar-refractivity contribution in [1.82, 2.24) is 9.80 Å². The number of halogens is 1. The Morgan fingerprint density at radius 1 is 1.11 bits per heavy atom. The van der Waals surface area contributed by atoms with Gasteiger partial charge in [-0.1, -0.05) is 60.1 Å². The van der Waals surface area contributed by atoms with Crippen LogP contribution in [0.15, 0.2) is 54.6 Å². The van der Waals surface area contributed by atoms with E-state index in [4.69, 9.17) is 16.3 Å². The fraction of sp³-hybridized carbons (Fsp3) is 0.409. The van der Waals surface area contributed by atoms with Crippen LogP contribution in [-0.2, 0) is 22.5 Å². The minimum atomic E-state index is 0.104. The summed E-state index contributed by atoms with van der Waals surface area (Å²) in [5.41, 5.74) is 2.01. The Morgan fingerprint density at radius 2 is 1.78 bits per heavy atom. The second kappa shape index (κ2) is 9.88. The van der Waals surface area contributed by atoms with Gasteiger partial charge in [-0.15, -0.1) is 0 Å². The van der Waals surface area contributed by atoms with E-state index in [2.05, 4.69) is 24.0 Å². The number of hydrogen-bond donors (Lipinski definition) is 0. The quantitative estimate of drug-likeness (QED) is 0.728. The van der Waals surface area contributed by atoms with Gasteiger partial charge < -0.3 is 9.64 Å². The molecule has 1 unspecified atom stereocenters. The van der Waals surface area contributed by atoms with Crippen LogP contribution in [0.4, 0.5) is 0 Å². The fourth-order valence-electron chi connectivity index (χ4n) is 3.43. The molecule has 1 aliphatic heterocycles. The molecule has 1 atom stereocenters. The lowest BCUT2D eigenvalue weighted by Gasteiger charge is -2.35. The highest BCUT2D eigenvalue weighted by Gasteiger charge is 2.24. The summed E-state index contributed by atoms with van der Waals surface area (Å²) in [7, 11) is 0. The second-order valence-corrected chi connectivity index (χ2v) is 7.44. The number of benzene rings is 2. The van der Waals surface area contributed by atoms with Crippen LogP contribution in [0.1, 0.15) is 18.1 Å². The number of morpholine rings is 1. The van der Waals surface area contributed by atoms with Gasteiger partial charge in [-0.2, -0.15) is 0 Å². The van der Waals surface area contributed by atoms with E-state index in [-0.39, 0.29) is 11.9 Å². The van der Waals surface area contributed by atoms with E-state index in [1.807, 2.05) is 47.4 Å². The van der Waals surface area contributed by atoms with Crippen molar-refractivity contribution < 1.29 is 9.53 Å². The summed E-state index contributed by atoms with van der Waals surface area (Å²) in [6, 6.07) is 17.8. The van der Waals surface area contributed by atoms with Gasteiger partial charge in [0.2, 0.25) is 5.91 Å². The Kier molecular flexibility index (Phi) is 7.27. The van der Waals surface area contributed by atoms with Gasteiger partial charge in [-0.25, -0.2) is 0 Å². The molecular weight excluding hydrogens is 360 g/mol. The molecule has 0 spiro atoms. The lowest BCUT2D eigenvalue weighted by molar-refractivity contribution is -0.133. The highest BCUT2D eigenvalue weighted by atomic mass is 35.5. The lowest BCUT2D eigenvalue weighted by Crippen LogP contribution is -2.48. The number of ether oxygens (including phenoxy) is 1. The fourth-order valence-corrected chi connectivity index (χ4v) is 3.63. The molecule has 4 nitrogen and oxygen atoms in total. The SMILES string of the molecule is CC(CN1CCOCC1)N(Cc1ccccc1)C(=O)Cc1ccccc1Cl. The Morgan fingerprint density at radius 3 is 2.48 bits per heavy atom. The van der Waals surface area contributed by atoms with Crippen LogP contribution in [0, 0.1) is 0 Å². The minimum absolute atomic E-state index is 0.104. The van der Waals surface area contributed by atoms with Crippen molar-refractivity contribution in [3.8, 4) is 0 Å². The molecule has 5 heteroatoms. The van der Waals surface area contributed by atoms with Gasteiger partial charge in [0.05, 0.1) is 19.6 Å². The Bertz CT molecular complexity index is 732. The number of carbonyl (C=O) groups excluding carboxylic acids is 1. The normalized spacial score (nSPS) is 16.1. The standard InChI is InChI=1S/C22H27ClN2O2/c1-18(16-24-11-13-27-14-12-24)25(17-19-7-3-2-4-8-19)22(26)15-20-9-5-6-10-21(20)23/h2-10,18H,11-17H2,1H3. The molecule has 1 amide bonds. The van der Waals surface area contributed by atoms with Crippen molar-refractivity contribution in [3.63, 3.8) is 0 Å². The maximum atomic E-state index is 13.2. The van der Waals surface area contributed by atoms with Crippen LogP contribution in [0.2, 0.25) is 5.02 Å². The van der Waals surface area contributed by atoms with Gasteiger partial charge in [0.25, 0.3) is 0 Å². The first-order valence-electron chi connectivity index (χ1n) is 9.50. The maximum absolute atomic E-state index is 13.2. The third-order valence-corrected chi connectivity index (χ3v) is 5.34. The van der Waals surface area contributed by atoms with E-state index < -0.39 is 0 Å². The first-order chi connectivity index (χ1) is 13.1. The summed E-state index contributed by atoms with van der Waals surface area (Å²) >= 11 is 6.28. The summed E-state index contributed by atoms with van der Waals surface area (Å²) in [4.78, 5) is 17.5. The molecule has 0 aromatic heterocycles. The molecule has 0 aliphatic carbocycles. The van der Waals surface area contributed by atoms with E-state index in [0.717, 1.165) is 44.0 Å². The van der Waals surface area contributed by atoms with Crippen molar-refractivity contribution >= 4 is 17.5 Å². The van der Waals surface area contributed by atoms with Gasteiger partial charge in [0.1, 0.15) is 0 Å². The monoisotopic (exact) mass is 386 g/mol. The van der Waals surface area contributed by atoms with Crippen molar-refractivity contribution in [1.29, 1.82) is 0 Å². The predicted octanol–water partition coefficient (Wildman–Crippen LogP) is 3.63. The third-order valence-electron chi connectivity index (χ3n) is 4.97. The van der Waals surface area contributed by atoms with Crippen molar-refractivity contribution in [2.45, 2.75) is 25.9 Å². The molecule has 3 rings (SSSR count). The minimum Gasteiger partial charge on any atom is -0.379 e. The Balaban J connectivity index is 1.73. The smallest absolute Gasteiger partial charge is 0.227 e. The molecule has 1 heterocycles. The second-order valence-electron chi connectivity index (χ2n) is 7.04. The summed E-state index contributed by atoms with van der Waals surface area (Å²) in [6.45, 7) is 6.95. The van der Waals surface area contributed by atoms with E-state index >= 15 is 0 Å². The molecular formula is C22H27ClN2O2. The number of hydrogen-bond acceptors (Lipinski definition) is 3. The van der Waals surface area contributed by atoms with Crippen molar-refractivity contribution in [2.75, 3.05) is 32.8 Å². The lowest BCUT2D eigenvalue weighted by atomic mass is 10.1. The number of carbonyl (C=O) groups is 1. The zero-order valence-corrected chi connectivity index (χ0v) is 16.6. The largest absolute Gasteiger partial charge is 0.379 e. The van der Waals surface area contributed by atoms with Crippen molar-refractivity contribution in [3.05, 3.63) is 70.7 Å². The van der Waals surface area contributed by atoms with Gasteiger partial charge in [0, 0.05) is 37.2 Å². The third kappa shape index (κ3) is 5.80. The van der Waals surface area contributed by atoms with Gasteiger partial charge in [-0.3, -0.25) is 9.69 Å². The van der Waals surface area contributed by atoms with E-state index in [1.54, 1.807) is 0 Å². The van der Waals surface area contributed by atoms with Crippen LogP contribution in [0.5, 0.6) is 0 Å². The number of rotatable bonds is 7. The molecule has 2 aromatic rings. The highest BCUT2D eigenvalue weighted by molar-refractivity contribution is 6.31. The first kappa shape index (κ1) is 19.9. The average Bonchev–Trinajstić information content (AvgIpc) is 2.69. The summed E-state index contributed by atoms with van der Waals surface area (Å²) in [5, 5.41) is 0.645. The maximum Gasteiger partial charge on any atom is 0.227 e. The first-order valence-corrected chi connectivity index (χ1v) is 9.88. The molecule has 27 heavy (non-hydrogen) atoms. The predicted molar refractivity (Wildman–Crippen MR) is 109 cm³/mol. The average molecular weight is 387 g/mol. The molecule has 0 N–H and O–H groups in total. The molecule has 0 radical (unpaired) electrons. The van der Waals surface area contributed by atoms with Crippen LogP contribution in [-0.4, -0.2) is 54.6 Å². The zero-order chi connectivity index (χ0) is 19.1. The molecule has 0 saturated carbocycles. The van der Waals surface area contributed by atoms with Gasteiger partial charge in [-0.05, 0) is 24.1 Å². The highest BCUT2D eigenvalue weighted by Crippen LogP contribution is 2.18. The van der Waals surface area contributed by atoms with Crippen LogP contribution >= 0.6 is 11.6 Å². The number of amides is 1. The molecule has 144 valence electrons. The molecule has 0 bridgehead atoms. The van der Waals surface area contributed by atoms with E-state index in [0.29, 0.717) is 18.0 Å². The van der Waals surface area contributed by atoms with Gasteiger partial charge >= 0.3 is 0 Å². The van der Waals surface area contributed by atoms with Crippen LogP contribution < -0.4 is 0 Å². The van der Waals surface area contributed by atoms with Gasteiger partial charge in [0.15, 0.2) is 0 Å². The van der Waals surface area contributed by atoms with Crippen molar-refractivity contribution in [2.24, 2.45) is 0 Å². The molecule has 1 saturated heterocycles. The summed E-state index contributed by atoms with van der Waals surface area (Å²) in [5.74, 6) is 0.104. The molecule has 2 aromatic carbocycles. The summed E-state index contributed by atoms with van der Waals surface area (Å²) < 4.78 is 5.44. The van der Waals surface area contributed by atoms with E-state index in [1.165, 1.54) is 0 Å². The van der Waals surface area contributed by atoms with Crippen LogP contribution in [0.25, 0.3) is 0 Å². The molecule has 1 fully saturated rings. The summed E-state index contributed by atoms with van der Waals surface area (Å²) in [6.07, 6.45) is 0.319. The Hall–Kier alpha value is -1.88. The number of nitrogens with zero attached hydrogens (tertiary/aromatic N) is 2. The van der Waals surface area contributed by atoms with Crippen LogP contribution in [0.3, 0.4) is 0 Å². The zero-order valence-electron chi connectivity index (χ0n) is 15.8.